The van der Waals surface area contributed by atoms with E-state index in [0.717, 1.165) is 6.42 Å². The molecule has 0 radical (unpaired) electrons. The van der Waals surface area contributed by atoms with Gasteiger partial charge in [0.05, 0.1) is 17.6 Å². The molecule has 1 rings (SSSR count). The van der Waals surface area contributed by atoms with Gasteiger partial charge in [-0.05, 0) is 26.7 Å². The lowest BCUT2D eigenvalue weighted by atomic mass is 10.2. The zero-order chi connectivity index (χ0) is 6.85. The molecule has 2 heteroatoms. The van der Waals surface area contributed by atoms with Crippen LogP contribution in [0, 0.1) is 0 Å². The standard InChI is InChI=1S/C7H13ClO/c1-5-3-4-7(9-5)6(2)8/h5-7H,3-4H2,1-2H3/t5-,6?,7-/m0/s1. The molecule has 0 bridgehead atoms. The van der Waals surface area contributed by atoms with E-state index in [1.165, 1.54) is 6.42 Å². The third-order valence-electron chi connectivity index (χ3n) is 1.78. The van der Waals surface area contributed by atoms with E-state index in [1.807, 2.05) is 6.92 Å². The van der Waals surface area contributed by atoms with Crippen molar-refractivity contribution in [2.24, 2.45) is 0 Å². The van der Waals surface area contributed by atoms with Crippen LogP contribution in [-0.4, -0.2) is 17.6 Å². The van der Waals surface area contributed by atoms with Crippen LogP contribution in [0.3, 0.4) is 0 Å². The summed E-state index contributed by atoms with van der Waals surface area (Å²) in [5.41, 5.74) is 0. The van der Waals surface area contributed by atoms with Crippen molar-refractivity contribution >= 4 is 11.6 Å². The molecule has 0 amide bonds. The van der Waals surface area contributed by atoms with Crippen molar-refractivity contribution < 1.29 is 4.74 Å². The second-order valence-corrected chi connectivity index (χ2v) is 3.43. The van der Waals surface area contributed by atoms with Crippen LogP contribution in [0.25, 0.3) is 0 Å². The topological polar surface area (TPSA) is 9.23 Å². The lowest BCUT2D eigenvalue weighted by molar-refractivity contribution is 0.0561. The fourth-order valence-electron chi connectivity index (χ4n) is 1.17. The van der Waals surface area contributed by atoms with Gasteiger partial charge in [0, 0.05) is 0 Å². The summed E-state index contributed by atoms with van der Waals surface area (Å²) in [6.07, 6.45) is 3.03. The first kappa shape index (κ1) is 7.36. The minimum absolute atomic E-state index is 0.176. The third-order valence-corrected chi connectivity index (χ3v) is 2.06. The molecule has 0 aromatic rings. The van der Waals surface area contributed by atoms with Gasteiger partial charge in [-0.1, -0.05) is 0 Å². The van der Waals surface area contributed by atoms with Crippen molar-refractivity contribution in [3.05, 3.63) is 0 Å². The summed E-state index contributed by atoms with van der Waals surface area (Å²) in [5.74, 6) is 0. The number of halogens is 1. The number of rotatable bonds is 1. The molecule has 1 fully saturated rings. The van der Waals surface area contributed by atoms with Gasteiger partial charge in [0.1, 0.15) is 0 Å². The van der Waals surface area contributed by atoms with Crippen LogP contribution < -0.4 is 0 Å². The minimum Gasteiger partial charge on any atom is -0.374 e. The van der Waals surface area contributed by atoms with Crippen LogP contribution >= 0.6 is 11.6 Å². The maximum atomic E-state index is 5.82. The average Bonchev–Trinajstić information content (AvgIpc) is 2.14. The van der Waals surface area contributed by atoms with Gasteiger partial charge in [-0.25, -0.2) is 0 Å². The Hall–Kier alpha value is 0.250. The van der Waals surface area contributed by atoms with E-state index in [-0.39, 0.29) is 5.38 Å². The molecule has 1 aliphatic heterocycles. The van der Waals surface area contributed by atoms with Crippen LogP contribution in [0.2, 0.25) is 0 Å². The molecule has 0 N–H and O–H groups in total. The van der Waals surface area contributed by atoms with Gasteiger partial charge in [0.15, 0.2) is 0 Å². The van der Waals surface area contributed by atoms with E-state index in [1.54, 1.807) is 0 Å². The molecular weight excluding hydrogens is 136 g/mol. The van der Waals surface area contributed by atoms with Gasteiger partial charge < -0.3 is 4.74 Å². The fourth-order valence-corrected chi connectivity index (χ4v) is 1.36. The van der Waals surface area contributed by atoms with E-state index in [2.05, 4.69) is 6.92 Å². The number of hydrogen-bond donors (Lipinski definition) is 0. The van der Waals surface area contributed by atoms with Gasteiger partial charge in [0.2, 0.25) is 0 Å². The van der Waals surface area contributed by atoms with Crippen molar-refractivity contribution in [2.75, 3.05) is 0 Å². The van der Waals surface area contributed by atoms with Gasteiger partial charge in [-0.3, -0.25) is 0 Å². The Labute approximate surface area is 61.3 Å². The molecular formula is C7H13ClO. The number of alkyl halides is 1. The molecule has 0 aliphatic carbocycles. The van der Waals surface area contributed by atoms with Crippen LogP contribution in [0.1, 0.15) is 26.7 Å². The molecule has 0 aromatic heterocycles. The van der Waals surface area contributed by atoms with Gasteiger partial charge >= 0.3 is 0 Å². The summed E-state index contributed by atoms with van der Waals surface area (Å²) in [7, 11) is 0. The Kier molecular flexibility index (Phi) is 2.36. The van der Waals surface area contributed by atoms with Crippen molar-refractivity contribution in [3.63, 3.8) is 0 Å². The SMILES string of the molecule is CC(Cl)[C@@H]1CC[C@H](C)O1. The summed E-state index contributed by atoms with van der Waals surface area (Å²) in [6.45, 7) is 4.09. The lowest BCUT2D eigenvalue weighted by Crippen LogP contribution is -2.17. The molecule has 0 spiro atoms. The molecule has 1 aliphatic rings. The molecule has 0 saturated carbocycles. The van der Waals surface area contributed by atoms with E-state index in [4.69, 9.17) is 16.3 Å². The smallest absolute Gasteiger partial charge is 0.0740 e. The lowest BCUT2D eigenvalue weighted by Gasteiger charge is -2.11. The zero-order valence-electron chi connectivity index (χ0n) is 5.93. The highest BCUT2D eigenvalue weighted by Crippen LogP contribution is 2.23. The molecule has 1 heterocycles. The maximum absolute atomic E-state index is 5.82. The summed E-state index contributed by atoms with van der Waals surface area (Å²) in [5, 5.41) is 0.176. The molecule has 3 atom stereocenters. The monoisotopic (exact) mass is 148 g/mol. The first-order valence-corrected chi connectivity index (χ1v) is 3.93. The van der Waals surface area contributed by atoms with Gasteiger partial charge in [-0.2, -0.15) is 0 Å². The Balaban J connectivity index is 2.30. The third kappa shape index (κ3) is 1.84. The second-order valence-electron chi connectivity index (χ2n) is 2.74. The van der Waals surface area contributed by atoms with E-state index >= 15 is 0 Å². The normalized spacial score (nSPS) is 39.0. The summed E-state index contributed by atoms with van der Waals surface area (Å²) >= 11 is 5.82. The van der Waals surface area contributed by atoms with Crippen LogP contribution in [0.4, 0.5) is 0 Å². The van der Waals surface area contributed by atoms with Crippen molar-refractivity contribution in [1.29, 1.82) is 0 Å². The molecule has 1 nitrogen and oxygen atoms in total. The highest BCUT2D eigenvalue weighted by molar-refractivity contribution is 6.20. The van der Waals surface area contributed by atoms with E-state index in [9.17, 15) is 0 Å². The predicted octanol–water partition coefficient (Wildman–Crippen LogP) is 2.18. The van der Waals surface area contributed by atoms with Crippen molar-refractivity contribution in [2.45, 2.75) is 44.3 Å². The quantitative estimate of drug-likeness (QED) is 0.518. The second kappa shape index (κ2) is 2.89. The first-order chi connectivity index (χ1) is 4.20. The highest BCUT2D eigenvalue weighted by atomic mass is 35.5. The molecule has 0 aromatic carbocycles. The van der Waals surface area contributed by atoms with Crippen LogP contribution in [-0.2, 0) is 4.74 Å². The Morgan fingerprint density at radius 2 is 2.22 bits per heavy atom. The van der Waals surface area contributed by atoms with Crippen molar-refractivity contribution in [3.8, 4) is 0 Å². The van der Waals surface area contributed by atoms with Gasteiger partial charge in [0.25, 0.3) is 0 Å². The van der Waals surface area contributed by atoms with Crippen LogP contribution in [0.5, 0.6) is 0 Å². The molecule has 1 saturated heterocycles. The predicted molar refractivity (Wildman–Crippen MR) is 38.9 cm³/mol. The molecule has 54 valence electrons. The van der Waals surface area contributed by atoms with Crippen molar-refractivity contribution in [1.82, 2.24) is 0 Å². The van der Waals surface area contributed by atoms with Crippen LogP contribution in [0.15, 0.2) is 0 Å². The summed E-state index contributed by atoms with van der Waals surface area (Å²) < 4.78 is 5.49. The molecule has 1 unspecified atom stereocenters. The Morgan fingerprint density at radius 3 is 2.44 bits per heavy atom. The maximum Gasteiger partial charge on any atom is 0.0740 e. The fraction of sp³-hybridized carbons (Fsp3) is 1.00. The zero-order valence-corrected chi connectivity index (χ0v) is 6.69. The number of hydrogen-bond acceptors (Lipinski definition) is 1. The minimum atomic E-state index is 0.176. The Bertz CT molecular complexity index is 92.9. The first-order valence-electron chi connectivity index (χ1n) is 3.49. The van der Waals surface area contributed by atoms with E-state index < -0.39 is 0 Å². The molecule has 9 heavy (non-hydrogen) atoms. The number of ether oxygens (including phenoxy) is 1. The average molecular weight is 149 g/mol. The Morgan fingerprint density at radius 1 is 1.56 bits per heavy atom. The summed E-state index contributed by atoms with van der Waals surface area (Å²) in [6, 6.07) is 0. The van der Waals surface area contributed by atoms with E-state index in [0.29, 0.717) is 12.2 Å². The highest BCUT2D eigenvalue weighted by Gasteiger charge is 2.25. The summed E-state index contributed by atoms with van der Waals surface area (Å²) in [4.78, 5) is 0. The largest absolute Gasteiger partial charge is 0.374 e. The van der Waals surface area contributed by atoms with Gasteiger partial charge in [-0.15, -0.1) is 11.6 Å².